The van der Waals surface area contributed by atoms with Crippen LogP contribution in [0, 0.1) is 5.92 Å². The van der Waals surface area contributed by atoms with E-state index in [1.165, 1.54) is 11.1 Å². The minimum absolute atomic E-state index is 0.332. The number of ketones is 1. The average molecular weight is 291 g/mol. The summed E-state index contributed by atoms with van der Waals surface area (Å²) in [6, 6.07) is 16.8. The summed E-state index contributed by atoms with van der Waals surface area (Å²) in [7, 11) is 2.19. The van der Waals surface area contributed by atoms with E-state index in [9.17, 15) is 4.79 Å². The monoisotopic (exact) mass is 291 g/mol. The van der Waals surface area contributed by atoms with Gasteiger partial charge in [-0.25, -0.2) is 0 Å². The number of carbonyl (C=O) groups is 1. The molecule has 1 aliphatic heterocycles. The standard InChI is InChI=1S/C20H21NO/c1-21-10-9-16-12-20(22)18-11-15(14-5-3-2-4-6-14)7-8-17(18)19(16)13-21/h2-8,11,16,19H,9-10,12-13H2,1H3/t16-,19+/m0/s1. The van der Waals surface area contributed by atoms with E-state index < -0.39 is 0 Å². The second-order valence-corrected chi connectivity index (χ2v) is 6.71. The van der Waals surface area contributed by atoms with Gasteiger partial charge in [0.25, 0.3) is 0 Å². The van der Waals surface area contributed by atoms with E-state index in [1.807, 2.05) is 18.2 Å². The second-order valence-electron chi connectivity index (χ2n) is 6.71. The minimum Gasteiger partial charge on any atom is -0.306 e. The molecule has 1 fully saturated rings. The number of fused-ring (bicyclic) bond motifs is 3. The topological polar surface area (TPSA) is 20.3 Å². The Bertz CT molecular complexity index is 707. The molecule has 0 saturated carbocycles. The molecule has 0 aromatic heterocycles. The summed E-state index contributed by atoms with van der Waals surface area (Å²) in [5.41, 5.74) is 4.56. The summed E-state index contributed by atoms with van der Waals surface area (Å²) in [4.78, 5) is 15.0. The van der Waals surface area contributed by atoms with Crippen molar-refractivity contribution >= 4 is 5.78 Å². The largest absolute Gasteiger partial charge is 0.306 e. The molecular weight excluding hydrogens is 270 g/mol. The van der Waals surface area contributed by atoms with Crippen molar-refractivity contribution in [3.8, 4) is 11.1 Å². The molecule has 1 saturated heterocycles. The van der Waals surface area contributed by atoms with Crippen molar-refractivity contribution in [1.29, 1.82) is 0 Å². The Balaban J connectivity index is 1.77. The molecular formula is C20H21NO. The van der Waals surface area contributed by atoms with Crippen LogP contribution < -0.4 is 0 Å². The zero-order chi connectivity index (χ0) is 15.1. The highest BCUT2D eigenvalue weighted by Gasteiger charge is 2.37. The summed E-state index contributed by atoms with van der Waals surface area (Å²) >= 11 is 0. The van der Waals surface area contributed by atoms with Gasteiger partial charge in [-0.3, -0.25) is 4.79 Å². The Labute approximate surface area is 131 Å². The van der Waals surface area contributed by atoms with Gasteiger partial charge in [-0.05, 0) is 48.7 Å². The third-order valence-electron chi connectivity index (χ3n) is 5.27. The highest BCUT2D eigenvalue weighted by atomic mass is 16.1. The van der Waals surface area contributed by atoms with Crippen molar-refractivity contribution in [2.75, 3.05) is 20.1 Å². The summed E-state index contributed by atoms with van der Waals surface area (Å²) in [6.07, 6.45) is 1.87. The van der Waals surface area contributed by atoms with Crippen LogP contribution in [-0.2, 0) is 0 Å². The molecule has 0 unspecified atom stereocenters. The van der Waals surface area contributed by atoms with Gasteiger partial charge in [-0.2, -0.15) is 0 Å². The fourth-order valence-corrected chi connectivity index (χ4v) is 4.04. The summed E-state index contributed by atoms with van der Waals surface area (Å²) < 4.78 is 0. The summed E-state index contributed by atoms with van der Waals surface area (Å²) in [6.45, 7) is 2.20. The molecule has 0 N–H and O–H groups in total. The minimum atomic E-state index is 0.332. The van der Waals surface area contributed by atoms with Gasteiger partial charge in [0.1, 0.15) is 0 Å². The van der Waals surface area contributed by atoms with Crippen LogP contribution >= 0.6 is 0 Å². The Morgan fingerprint density at radius 1 is 1.05 bits per heavy atom. The van der Waals surface area contributed by atoms with Crippen LogP contribution in [0.3, 0.4) is 0 Å². The molecule has 22 heavy (non-hydrogen) atoms. The van der Waals surface area contributed by atoms with E-state index in [1.54, 1.807) is 0 Å². The van der Waals surface area contributed by atoms with E-state index in [2.05, 4.69) is 42.3 Å². The Morgan fingerprint density at radius 2 is 1.86 bits per heavy atom. The van der Waals surface area contributed by atoms with E-state index in [4.69, 9.17) is 0 Å². The van der Waals surface area contributed by atoms with Gasteiger partial charge < -0.3 is 4.90 Å². The quantitative estimate of drug-likeness (QED) is 0.792. The molecule has 4 rings (SSSR count). The first-order chi connectivity index (χ1) is 10.7. The van der Waals surface area contributed by atoms with Crippen LogP contribution in [0.1, 0.15) is 34.7 Å². The number of rotatable bonds is 1. The fourth-order valence-electron chi connectivity index (χ4n) is 4.04. The molecule has 1 aliphatic carbocycles. The van der Waals surface area contributed by atoms with Gasteiger partial charge in [0.05, 0.1) is 0 Å². The molecule has 2 nitrogen and oxygen atoms in total. The number of nitrogens with zero attached hydrogens (tertiary/aromatic N) is 1. The van der Waals surface area contributed by atoms with Gasteiger partial charge in [0, 0.05) is 24.4 Å². The number of likely N-dealkylation sites (tertiary alicyclic amines) is 1. The molecule has 2 aromatic carbocycles. The molecule has 2 aromatic rings. The van der Waals surface area contributed by atoms with Crippen molar-refractivity contribution in [2.24, 2.45) is 5.92 Å². The molecule has 0 spiro atoms. The van der Waals surface area contributed by atoms with Crippen LogP contribution in [0.2, 0.25) is 0 Å². The Kier molecular flexibility index (Phi) is 3.34. The van der Waals surface area contributed by atoms with Gasteiger partial charge >= 0.3 is 0 Å². The van der Waals surface area contributed by atoms with Crippen molar-refractivity contribution in [2.45, 2.75) is 18.8 Å². The average Bonchev–Trinajstić information content (AvgIpc) is 2.56. The summed E-state index contributed by atoms with van der Waals surface area (Å²) in [5.74, 6) is 1.40. The lowest BCUT2D eigenvalue weighted by Crippen LogP contribution is -2.40. The lowest BCUT2D eigenvalue weighted by Gasteiger charge is -2.40. The predicted molar refractivity (Wildman–Crippen MR) is 89.2 cm³/mol. The van der Waals surface area contributed by atoms with E-state index in [0.717, 1.165) is 37.1 Å². The maximum atomic E-state index is 12.6. The van der Waals surface area contributed by atoms with Gasteiger partial charge in [0.15, 0.2) is 5.78 Å². The van der Waals surface area contributed by atoms with Crippen LogP contribution in [-0.4, -0.2) is 30.8 Å². The second kappa shape index (κ2) is 5.36. The predicted octanol–water partition coefficient (Wildman–Crippen LogP) is 3.98. The zero-order valence-corrected chi connectivity index (χ0v) is 13.0. The van der Waals surface area contributed by atoms with Crippen LogP contribution in [0.25, 0.3) is 11.1 Å². The maximum Gasteiger partial charge on any atom is 0.163 e. The maximum absolute atomic E-state index is 12.6. The van der Waals surface area contributed by atoms with E-state index in [-0.39, 0.29) is 0 Å². The lowest BCUT2D eigenvalue weighted by atomic mass is 9.71. The molecule has 2 atom stereocenters. The van der Waals surface area contributed by atoms with Crippen molar-refractivity contribution in [3.05, 3.63) is 59.7 Å². The van der Waals surface area contributed by atoms with Crippen molar-refractivity contribution < 1.29 is 4.79 Å². The SMILES string of the molecule is CN1CC[C@H]2CC(=O)c3cc(-c4ccccc4)ccc3[C@@H]2C1. The van der Waals surface area contributed by atoms with Crippen LogP contribution in [0.4, 0.5) is 0 Å². The normalized spacial score (nSPS) is 24.7. The number of likely N-dealkylation sites (N-methyl/N-ethyl adjacent to an activating group) is 1. The molecule has 2 heteroatoms. The summed E-state index contributed by atoms with van der Waals surface area (Å²) in [5, 5.41) is 0. The van der Waals surface area contributed by atoms with E-state index >= 15 is 0 Å². The Morgan fingerprint density at radius 3 is 2.68 bits per heavy atom. The number of hydrogen-bond donors (Lipinski definition) is 0. The van der Waals surface area contributed by atoms with Crippen LogP contribution in [0.15, 0.2) is 48.5 Å². The first kappa shape index (κ1) is 13.7. The van der Waals surface area contributed by atoms with Crippen LogP contribution in [0.5, 0.6) is 0 Å². The fraction of sp³-hybridized carbons (Fsp3) is 0.350. The highest BCUT2D eigenvalue weighted by molar-refractivity contribution is 6.00. The first-order valence-corrected chi connectivity index (χ1v) is 8.13. The molecule has 2 aliphatic rings. The zero-order valence-electron chi connectivity index (χ0n) is 13.0. The van der Waals surface area contributed by atoms with Gasteiger partial charge in [-0.15, -0.1) is 0 Å². The highest BCUT2D eigenvalue weighted by Crippen LogP contribution is 2.41. The number of carbonyl (C=O) groups excluding carboxylic acids is 1. The number of hydrogen-bond acceptors (Lipinski definition) is 2. The van der Waals surface area contributed by atoms with Gasteiger partial charge in [-0.1, -0.05) is 42.5 Å². The third-order valence-corrected chi connectivity index (χ3v) is 5.27. The molecule has 0 radical (unpaired) electrons. The molecule has 0 bridgehead atoms. The van der Waals surface area contributed by atoms with E-state index in [0.29, 0.717) is 17.6 Å². The van der Waals surface area contributed by atoms with Gasteiger partial charge in [0.2, 0.25) is 0 Å². The lowest BCUT2D eigenvalue weighted by molar-refractivity contribution is 0.0887. The molecule has 112 valence electrons. The first-order valence-electron chi connectivity index (χ1n) is 8.13. The number of piperidine rings is 1. The Hall–Kier alpha value is -1.93. The number of Topliss-reactive ketones (excluding diaryl/α,β-unsaturated/α-hetero) is 1. The smallest absolute Gasteiger partial charge is 0.163 e. The molecule has 1 heterocycles. The van der Waals surface area contributed by atoms with Crippen molar-refractivity contribution in [3.63, 3.8) is 0 Å². The molecule has 0 amide bonds. The third kappa shape index (κ3) is 2.28. The van der Waals surface area contributed by atoms with Crippen molar-refractivity contribution in [1.82, 2.24) is 4.90 Å². The number of benzene rings is 2.